The molecule has 2 rings (SSSR count). The molecule has 1 saturated heterocycles. The molecule has 1 aromatic rings. The zero-order valence-corrected chi connectivity index (χ0v) is 20.6. The number of hydrogen-bond acceptors (Lipinski definition) is 6. The minimum atomic E-state index is -0.488. The number of carbonyl (C=O) groups excluding carboxylic acids is 1. The summed E-state index contributed by atoms with van der Waals surface area (Å²) in [6.45, 7) is 12.2. The average Bonchev–Trinajstić information content (AvgIpc) is 3.13. The quantitative estimate of drug-likeness (QED) is 0.362. The number of thiazole rings is 1. The van der Waals surface area contributed by atoms with Gasteiger partial charge < -0.3 is 25.2 Å². The maximum absolute atomic E-state index is 12.0. The molecule has 0 radical (unpaired) electrons. The van der Waals surface area contributed by atoms with E-state index < -0.39 is 5.60 Å². The third-order valence-corrected chi connectivity index (χ3v) is 4.98. The Morgan fingerprint density at radius 3 is 2.57 bits per heavy atom. The maximum Gasteiger partial charge on any atom is 0.410 e. The minimum Gasteiger partial charge on any atom is -0.444 e. The van der Waals surface area contributed by atoms with Gasteiger partial charge in [0.05, 0.1) is 0 Å². The van der Waals surface area contributed by atoms with E-state index in [9.17, 15) is 4.79 Å². The van der Waals surface area contributed by atoms with Crippen molar-refractivity contribution in [2.24, 2.45) is 16.6 Å². The second kappa shape index (κ2) is 11.0. The van der Waals surface area contributed by atoms with Gasteiger partial charge in [-0.25, -0.2) is 9.78 Å². The van der Waals surface area contributed by atoms with Crippen LogP contribution in [0.3, 0.4) is 0 Å². The average molecular weight is 524 g/mol. The molecule has 2 N–H and O–H groups in total. The number of carbonyl (C=O) groups is 1. The normalized spacial score (nSPS) is 16.4. The summed E-state index contributed by atoms with van der Waals surface area (Å²) < 4.78 is 5.37. The number of aliphatic imine (C=N–C) groups is 1. The molecule has 2 heterocycles. The highest BCUT2D eigenvalue weighted by Crippen LogP contribution is 2.18. The van der Waals surface area contributed by atoms with Crippen molar-refractivity contribution in [1.82, 2.24) is 14.8 Å². The molecule has 0 spiro atoms. The summed E-state index contributed by atoms with van der Waals surface area (Å²) in [7, 11) is 1.75. The predicted octanol–water partition coefficient (Wildman–Crippen LogP) is 2.70. The minimum absolute atomic E-state index is 0. The zero-order chi connectivity index (χ0) is 20.0. The van der Waals surface area contributed by atoms with Crippen molar-refractivity contribution in [1.29, 1.82) is 0 Å². The van der Waals surface area contributed by atoms with Crippen LogP contribution in [0, 0.1) is 5.92 Å². The van der Waals surface area contributed by atoms with E-state index in [4.69, 9.17) is 10.5 Å². The summed E-state index contributed by atoms with van der Waals surface area (Å²) in [6.07, 6.45) is 1.52. The molecule has 1 amide bonds. The number of ether oxygens (including phenoxy) is 1. The summed E-state index contributed by atoms with van der Waals surface area (Å²) in [4.78, 5) is 26.9. The number of amides is 1. The van der Waals surface area contributed by atoms with Crippen molar-refractivity contribution in [3.63, 3.8) is 0 Å². The van der Waals surface area contributed by atoms with Gasteiger partial charge in [0, 0.05) is 57.9 Å². The molecule has 1 aliphatic rings. The molecule has 1 fully saturated rings. The Morgan fingerprint density at radius 1 is 1.39 bits per heavy atom. The monoisotopic (exact) mass is 524 g/mol. The van der Waals surface area contributed by atoms with Crippen LogP contribution in [0.25, 0.3) is 0 Å². The lowest BCUT2D eigenvalue weighted by Gasteiger charge is -2.35. The van der Waals surface area contributed by atoms with Crippen LogP contribution in [-0.4, -0.2) is 78.8 Å². The molecule has 8 nitrogen and oxygen atoms in total. The van der Waals surface area contributed by atoms with Crippen LogP contribution >= 0.6 is 35.3 Å². The predicted molar refractivity (Wildman–Crippen MR) is 126 cm³/mol. The van der Waals surface area contributed by atoms with E-state index in [1.54, 1.807) is 23.3 Å². The van der Waals surface area contributed by atoms with Gasteiger partial charge in [-0.05, 0) is 26.7 Å². The highest BCUT2D eigenvalue weighted by molar-refractivity contribution is 14.0. The highest BCUT2D eigenvalue weighted by atomic mass is 127. The van der Waals surface area contributed by atoms with Gasteiger partial charge in [0.15, 0.2) is 11.1 Å². The molecule has 10 heteroatoms. The molecule has 160 valence electrons. The topological polar surface area (TPSA) is 87.3 Å². The lowest BCUT2D eigenvalue weighted by Crippen LogP contribution is -2.51. The first-order valence-corrected chi connectivity index (χ1v) is 10.2. The number of piperazine rings is 1. The van der Waals surface area contributed by atoms with Gasteiger partial charge in [-0.15, -0.1) is 35.3 Å². The fraction of sp³-hybridized carbons (Fsp3) is 0.722. The number of halogens is 1. The van der Waals surface area contributed by atoms with Crippen molar-refractivity contribution in [3.8, 4) is 0 Å². The van der Waals surface area contributed by atoms with Crippen LogP contribution in [0.5, 0.6) is 0 Å². The summed E-state index contributed by atoms with van der Waals surface area (Å²) in [5.41, 5.74) is 5.69. The number of rotatable bonds is 5. The highest BCUT2D eigenvalue weighted by Gasteiger charge is 2.22. The number of nitrogens with zero attached hydrogens (tertiary/aromatic N) is 5. The first-order chi connectivity index (χ1) is 12.7. The van der Waals surface area contributed by atoms with E-state index >= 15 is 0 Å². The van der Waals surface area contributed by atoms with Crippen LogP contribution in [0.1, 0.15) is 27.7 Å². The standard InChI is InChI=1S/C18H32N6O2S.HI/c1-14(13-22(5)17(25)26-18(2,3)4)12-21-15(19)23-7-9-24(10-8-23)16-20-6-11-27-16;/h6,11,14H,7-10,12-13H2,1-5H3,(H2,19,21);1H. The van der Waals surface area contributed by atoms with Crippen molar-refractivity contribution >= 4 is 52.5 Å². The molecule has 0 saturated carbocycles. The van der Waals surface area contributed by atoms with E-state index in [2.05, 4.69) is 26.7 Å². The Morgan fingerprint density at radius 2 is 2.04 bits per heavy atom. The fourth-order valence-corrected chi connectivity index (χ4v) is 3.48. The molecular weight excluding hydrogens is 491 g/mol. The van der Waals surface area contributed by atoms with Gasteiger partial charge >= 0.3 is 6.09 Å². The maximum atomic E-state index is 12.0. The number of aromatic nitrogens is 1. The van der Waals surface area contributed by atoms with Crippen LogP contribution in [-0.2, 0) is 4.74 Å². The molecule has 0 aromatic carbocycles. The van der Waals surface area contributed by atoms with Crippen LogP contribution < -0.4 is 10.6 Å². The summed E-state index contributed by atoms with van der Waals surface area (Å²) in [6, 6.07) is 0. The van der Waals surface area contributed by atoms with Gasteiger partial charge in [0.2, 0.25) is 0 Å². The molecule has 1 atom stereocenters. The first kappa shape index (κ1) is 24.7. The first-order valence-electron chi connectivity index (χ1n) is 9.29. The number of anilines is 1. The lowest BCUT2D eigenvalue weighted by atomic mass is 10.2. The molecule has 0 bridgehead atoms. The molecule has 1 aliphatic heterocycles. The molecular formula is C18H33IN6O2S. The zero-order valence-electron chi connectivity index (χ0n) is 17.4. The van der Waals surface area contributed by atoms with E-state index in [-0.39, 0.29) is 36.0 Å². The fourth-order valence-electron chi connectivity index (χ4n) is 2.79. The van der Waals surface area contributed by atoms with Crippen molar-refractivity contribution < 1.29 is 9.53 Å². The van der Waals surface area contributed by atoms with E-state index in [1.807, 2.05) is 32.3 Å². The Kier molecular flexibility index (Phi) is 9.75. The molecule has 1 unspecified atom stereocenters. The third-order valence-electron chi connectivity index (χ3n) is 4.15. The number of nitrogens with two attached hydrogens (primary N) is 1. The summed E-state index contributed by atoms with van der Waals surface area (Å²) in [5, 5.41) is 3.05. The smallest absolute Gasteiger partial charge is 0.410 e. The van der Waals surface area contributed by atoms with E-state index in [0.717, 1.165) is 31.3 Å². The van der Waals surface area contributed by atoms with Crippen molar-refractivity contribution in [3.05, 3.63) is 11.6 Å². The van der Waals surface area contributed by atoms with Crippen LogP contribution in [0.2, 0.25) is 0 Å². The molecule has 1 aromatic heterocycles. The van der Waals surface area contributed by atoms with E-state index in [1.165, 1.54) is 0 Å². The Labute approximate surface area is 189 Å². The van der Waals surface area contributed by atoms with Crippen LogP contribution in [0.15, 0.2) is 16.6 Å². The number of guanidine groups is 1. The van der Waals surface area contributed by atoms with Crippen molar-refractivity contribution in [2.75, 3.05) is 51.2 Å². The van der Waals surface area contributed by atoms with Gasteiger partial charge in [0.1, 0.15) is 5.60 Å². The largest absolute Gasteiger partial charge is 0.444 e. The SMILES string of the molecule is CC(CN=C(N)N1CCN(c2nccs2)CC1)CN(C)C(=O)OC(C)(C)C.I. The summed E-state index contributed by atoms with van der Waals surface area (Å²) >= 11 is 1.66. The van der Waals surface area contributed by atoms with Gasteiger partial charge in [0.25, 0.3) is 0 Å². The Balaban J connectivity index is 0.00000392. The number of hydrogen-bond donors (Lipinski definition) is 1. The molecule has 0 aliphatic carbocycles. The molecule has 28 heavy (non-hydrogen) atoms. The third kappa shape index (κ3) is 7.98. The Bertz CT molecular complexity index is 627. The summed E-state index contributed by atoms with van der Waals surface area (Å²) in [5.74, 6) is 0.762. The second-order valence-corrected chi connectivity index (χ2v) is 8.83. The van der Waals surface area contributed by atoms with Gasteiger partial charge in [-0.3, -0.25) is 4.99 Å². The van der Waals surface area contributed by atoms with Gasteiger partial charge in [-0.2, -0.15) is 0 Å². The van der Waals surface area contributed by atoms with Crippen molar-refractivity contribution in [2.45, 2.75) is 33.3 Å². The lowest BCUT2D eigenvalue weighted by molar-refractivity contribution is 0.0279. The van der Waals surface area contributed by atoms with Crippen LogP contribution in [0.4, 0.5) is 9.93 Å². The van der Waals surface area contributed by atoms with E-state index in [0.29, 0.717) is 19.0 Å². The van der Waals surface area contributed by atoms with Gasteiger partial charge in [-0.1, -0.05) is 6.92 Å². The second-order valence-electron chi connectivity index (χ2n) is 7.95. The Hall–Kier alpha value is -1.30.